The highest BCUT2D eigenvalue weighted by atomic mass is 16.5. The molecule has 1 atom stereocenters. The van der Waals surface area contributed by atoms with E-state index in [2.05, 4.69) is 5.32 Å². The fourth-order valence-corrected chi connectivity index (χ4v) is 2.80. The smallest absolute Gasteiger partial charge is 0.261 e. The number of nitrogens with zero attached hydrogens (tertiary/aromatic N) is 1. The van der Waals surface area contributed by atoms with E-state index in [1.807, 2.05) is 63.2 Å². The van der Waals surface area contributed by atoms with E-state index in [4.69, 9.17) is 9.47 Å². The van der Waals surface area contributed by atoms with Crippen molar-refractivity contribution in [2.75, 3.05) is 13.7 Å². The lowest BCUT2D eigenvalue weighted by Gasteiger charge is -2.31. The van der Waals surface area contributed by atoms with E-state index in [1.165, 1.54) is 4.90 Å². The van der Waals surface area contributed by atoms with E-state index in [0.29, 0.717) is 18.0 Å². The van der Waals surface area contributed by atoms with Gasteiger partial charge in [-0.2, -0.15) is 0 Å². The van der Waals surface area contributed by atoms with Crippen LogP contribution in [0.25, 0.3) is 0 Å². The number of para-hydroxylation sites is 2. The minimum Gasteiger partial charge on any atom is -0.493 e. The molecule has 2 amide bonds. The average molecular weight is 399 g/mol. The predicted molar refractivity (Wildman–Crippen MR) is 113 cm³/mol. The van der Waals surface area contributed by atoms with Gasteiger partial charge in [0.25, 0.3) is 5.91 Å². The number of carbonyl (C=O) groups is 2. The second-order valence-electron chi connectivity index (χ2n) is 7.86. The van der Waals surface area contributed by atoms with Crippen LogP contribution in [-0.2, 0) is 16.1 Å². The summed E-state index contributed by atoms with van der Waals surface area (Å²) in [5, 5.41) is 2.94. The van der Waals surface area contributed by atoms with E-state index < -0.39 is 6.04 Å². The number of methoxy groups -OCH3 is 1. The molecule has 0 saturated heterocycles. The fraction of sp³-hybridized carbons (Fsp3) is 0.391. The first-order chi connectivity index (χ1) is 13.7. The number of amides is 2. The Balaban J connectivity index is 2.16. The minimum absolute atomic E-state index is 0.194. The fourth-order valence-electron chi connectivity index (χ4n) is 2.80. The highest BCUT2D eigenvalue weighted by Crippen LogP contribution is 2.25. The zero-order valence-electron chi connectivity index (χ0n) is 17.8. The van der Waals surface area contributed by atoms with Crippen molar-refractivity contribution in [3.63, 3.8) is 0 Å². The summed E-state index contributed by atoms with van der Waals surface area (Å²) in [5.74, 6) is 0.540. The van der Waals surface area contributed by atoms with Crippen molar-refractivity contribution in [2.45, 2.75) is 45.8 Å². The van der Waals surface area contributed by atoms with E-state index in [0.717, 1.165) is 5.56 Å². The van der Waals surface area contributed by atoms with Gasteiger partial charge >= 0.3 is 0 Å². The third kappa shape index (κ3) is 6.82. The highest BCUT2D eigenvalue weighted by molar-refractivity contribution is 5.88. The molecule has 29 heavy (non-hydrogen) atoms. The molecule has 2 rings (SSSR count). The first-order valence-corrected chi connectivity index (χ1v) is 9.62. The van der Waals surface area contributed by atoms with Crippen LogP contribution < -0.4 is 14.8 Å². The van der Waals surface area contributed by atoms with Gasteiger partial charge in [0.05, 0.1) is 7.11 Å². The van der Waals surface area contributed by atoms with Gasteiger partial charge < -0.3 is 19.7 Å². The van der Waals surface area contributed by atoms with Crippen molar-refractivity contribution >= 4 is 11.8 Å². The number of carbonyl (C=O) groups excluding carboxylic acids is 2. The molecule has 0 aliphatic heterocycles. The Hall–Kier alpha value is -3.02. The first-order valence-electron chi connectivity index (χ1n) is 9.62. The Bertz CT molecular complexity index is 815. The zero-order chi connectivity index (χ0) is 21.4. The van der Waals surface area contributed by atoms with E-state index in [-0.39, 0.29) is 24.0 Å². The molecule has 0 fully saturated rings. The van der Waals surface area contributed by atoms with Crippen LogP contribution in [0.2, 0.25) is 0 Å². The molecule has 0 radical (unpaired) electrons. The zero-order valence-corrected chi connectivity index (χ0v) is 17.8. The molecule has 0 saturated carbocycles. The summed E-state index contributed by atoms with van der Waals surface area (Å²) < 4.78 is 11.0. The van der Waals surface area contributed by atoms with Gasteiger partial charge in [-0.25, -0.2) is 0 Å². The lowest BCUT2D eigenvalue weighted by molar-refractivity contribution is -0.142. The molecule has 1 N–H and O–H groups in total. The Labute approximate surface area is 172 Å². The molecular weight excluding hydrogens is 368 g/mol. The standard InChI is InChI=1S/C23H30N2O4/c1-17(22(27)24-23(2,3)4)25(15-18-11-7-6-8-12-18)21(26)16-29-20-14-10-9-13-19(20)28-5/h6-14,17H,15-16H2,1-5H3,(H,24,27)/t17-/m0/s1. The van der Waals surface area contributed by atoms with Gasteiger partial charge in [-0.15, -0.1) is 0 Å². The van der Waals surface area contributed by atoms with E-state index in [9.17, 15) is 9.59 Å². The summed E-state index contributed by atoms with van der Waals surface area (Å²) >= 11 is 0. The Morgan fingerprint density at radius 1 is 1.00 bits per heavy atom. The van der Waals surface area contributed by atoms with Crippen LogP contribution >= 0.6 is 0 Å². The Kier molecular flexibility index (Phi) is 7.65. The molecule has 156 valence electrons. The van der Waals surface area contributed by atoms with Gasteiger partial charge in [0.15, 0.2) is 18.1 Å². The summed E-state index contributed by atoms with van der Waals surface area (Å²) in [6.45, 7) is 7.57. The van der Waals surface area contributed by atoms with Crippen molar-refractivity contribution in [1.29, 1.82) is 0 Å². The topological polar surface area (TPSA) is 67.9 Å². The van der Waals surface area contributed by atoms with Crippen molar-refractivity contribution < 1.29 is 19.1 Å². The molecule has 0 aliphatic carbocycles. The van der Waals surface area contributed by atoms with Gasteiger partial charge in [-0.1, -0.05) is 42.5 Å². The first kappa shape index (κ1) is 22.3. The van der Waals surface area contributed by atoms with Gasteiger partial charge in [-0.3, -0.25) is 9.59 Å². The van der Waals surface area contributed by atoms with E-state index in [1.54, 1.807) is 26.2 Å². The normalized spacial score (nSPS) is 12.0. The number of hydrogen-bond donors (Lipinski definition) is 1. The summed E-state index contributed by atoms with van der Waals surface area (Å²) in [6, 6.07) is 16.1. The van der Waals surface area contributed by atoms with Gasteiger partial charge in [-0.05, 0) is 45.4 Å². The summed E-state index contributed by atoms with van der Waals surface area (Å²) in [7, 11) is 1.55. The largest absolute Gasteiger partial charge is 0.493 e. The molecule has 6 nitrogen and oxygen atoms in total. The van der Waals surface area contributed by atoms with Crippen LogP contribution in [0.3, 0.4) is 0 Å². The van der Waals surface area contributed by atoms with Crippen LogP contribution in [0.5, 0.6) is 11.5 Å². The molecule has 0 aromatic heterocycles. The number of benzene rings is 2. The van der Waals surface area contributed by atoms with Crippen LogP contribution in [0.4, 0.5) is 0 Å². The summed E-state index contributed by atoms with van der Waals surface area (Å²) in [5.41, 5.74) is 0.550. The van der Waals surface area contributed by atoms with Crippen molar-refractivity contribution in [1.82, 2.24) is 10.2 Å². The molecule has 0 aliphatic rings. The van der Waals surface area contributed by atoms with Crippen molar-refractivity contribution in [2.24, 2.45) is 0 Å². The minimum atomic E-state index is -0.650. The van der Waals surface area contributed by atoms with Crippen molar-refractivity contribution in [3.05, 3.63) is 60.2 Å². The summed E-state index contributed by atoms with van der Waals surface area (Å²) in [4.78, 5) is 27.2. The number of hydrogen-bond acceptors (Lipinski definition) is 4. The highest BCUT2D eigenvalue weighted by Gasteiger charge is 2.28. The SMILES string of the molecule is COc1ccccc1OCC(=O)N(Cc1ccccc1)[C@@H](C)C(=O)NC(C)(C)C. The molecule has 0 unspecified atom stereocenters. The van der Waals surface area contributed by atoms with Crippen LogP contribution in [-0.4, -0.2) is 42.0 Å². The van der Waals surface area contributed by atoms with Crippen LogP contribution in [0, 0.1) is 0 Å². The number of nitrogens with one attached hydrogen (secondary N) is 1. The second-order valence-corrected chi connectivity index (χ2v) is 7.86. The lowest BCUT2D eigenvalue weighted by Crippen LogP contribution is -2.53. The molecule has 2 aromatic rings. The Morgan fingerprint density at radius 3 is 2.17 bits per heavy atom. The van der Waals surface area contributed by atoms with E-state index >= 15 is 0 Å². The third-order valence-electron chi connectivity index (χ3n) is 4.28. The molecular formula is C23H30N2O4. The number of ether oxygens (including phenoxy) is 2. The molecule has 0 heterocycles. The monoisotopic (exact) mass is 398 g/mol. The number of rotatable bonds is 8. The molecule has 2 aromatic carbocycles. The molecule has 0 bridgehead atoms. The van der Waals surface area contributed by atoms with Gasteiger partial charge in [0.2, 0.25) is 5.91 Å². The Morgan fingerprint density at radius 2 is 1.59 bits per heavy atom. The molecule has 6 heteroatoms. The van der Waals surface area contributed by atoms with Gasteiger partial charge in [0.1, 0.15) is 6.04 Å². The predicted octanol–water partition coefficient (Wildman–Crippen LogP) is 3.41. The quantitative estimate of drug-likeness (QED) is 0.740. The van der Waals surface area contributed by atoms with Crippen molar-refractivity contribution in [3.8, 4) is 11.5 Å². The van der Waals surface area contributed by atoms with Crippen LogP contribution in [0.15, 0.2) is 54.6 Å². The maximum Gasteiger partial charge on any atom is 0.261 e. The maximum absolute atomic E-state index is 13.0. The third-order valence-corrected chi connectivity index (χ3v) is 4.28. The summed E-state index contributed by atoms with van der Waals surface area (Å²) in [6.07, 6.45) is 0. The van der Waals surface area contributed by atoms with Crippen LogP contribution in [0.1, 0.15) is 33.3 Å². The average Bonchev–Trinajstić information content (AvgIpc) is 2.69. The van der Waals surface area contributed by atoms with Gasteiger partial charge in [0, 0.05) is 12.1 Å². The lowest BCUT2D eigenvalue weighted by atomic mass is 10.1. The second kappa shape index (κ2) is 9.96. The molecule has 0 spiro atoms. The maximum atomic E-state index is 13.0.